The van der Waals surface area contributed by atoms with Gasteiger partial charge in [-0.1, -0.05) is 18.2 Å². The van der Waals surface area contributed by atoms with Crippen molar-refractivity contribution < 1.29 is 9.53 Å². The predicted molar refractivity (Wildman–Crippen MR) is 72.1 cm³/mol. The maximum atomic E-state index is 12.6. The Labute approximate surface area is 111 Å². The Balaban J connectivity index is 1.97. The third kappa shape index (κ3) is 2.21. The molecule has 0 unspecified atom stereocenters. The molecule has 19 heavy (non-hydrogen) atoms. The minimum Gasteiger partial charge on any atom is -0.380 e. The summed E-state index contributed by atoms with van der Waals surface area (Å²) in [6.45, 7) is 2.72. The van der Waals surface area contributed by atoms with Gasteiger partial charge in [-0.05, 0) is 12.5 Å². The second-order valence-electron chi connectivity index (χ2n) is 4.75. The highest BCUT2D eigenvalue weighted by molar-refractivity contribution is 6.04. The van der Waals surface area contributed by atoms with Gasteiger partial charge in [0.15, 0.2) is 5.69 Å². The van der Waals surface area contributed by atoms with Gasteiger partial charge in [-0.2, -0.15) is 5.10 Å². The maximum absolute atomic E-state index is 12.6. The summed E-state index contributed by atoms with van der Waals surface area (Å²) >= 11 is 0. The Hall–Kier alpha value is -1.88. The summed E-state index contributed by atoms with van der Waals surface area (Å²) in [4.78, 5) is 14.4. The highest BCUT2D eigenvalue weighted by Gasteiger charge is 2.22. The smallest absolute Gasteiger partial charge is 0.275 e. The number of nitrogens with zero attached hydrogens (tertiary/aromatic N) is 3. The molecule has 1 saturated heterocycles. The molecule has 100 valence electrons. The quantitative estimate of drug-likeness (QED) is 0.778. The second kappa shape index (κ2) is 5.01. The van der Waals surface area contributed by atoms with Gasteiger partial charge >= 0.3 is 0 Å². The maximum Gasteiger partial charge on any atom is 0.275 e. The predicted octanol–water partition coefficient (Wildman–Crippen LogP) is 1.44. The number of carbonyl (C=O) groups is 1. The molecule has 0 bridgehead atoms. The molecule has 0 aliphatic carbocycles. The lowest BCUT2D eigenvalue weighted by molar-refractivity contribution is 0.0736. The summed E-state index contributed by atoms with van der Waals surface area (Å²) in [6, 6.07) is 7.82. The van der Waals surface area contributed by atoms with Crippen molar-refractivity contribution in [3.05, 3.63) is 30.0 Å². The lowest BCUT2D eigenvalue weighted by Gasteiger charge is -2.18. The van der Waals surface area contributed by atoms with Gasteiger partial charge in [-0.15, -0.1) is 0 Å². The molecule has 1 aliphatic heterocycles. The third-order valence-electron chi connectivity index (χ3n) is 3.47. The number of carbonyl (C=O) groups excluding carboxylic acids is 1. The number of hydrogen-bond acceptors (Lipinski definition) is 3. The van der Waals surface area contributed by atoms with Crippen molar-refractivity contribution in [2.75, 3.05) is 26.3 Å². The molecule has 0 radical (unpaired) electrons. The van der Waals surface area contributed by atoms with Gasteiger partial charge in [0, 0.05) is 32.1 Å². The zero-order valence-corrected chi connectivity index (χ0v) is 11.0. The molecule has 0 N–H and O–H groups in total. The van der Waals surface area contributed by atoms with Crippen LogP contribution in [-0.4, -0.2) is 46.9 Å². The third-order valence-corrected chi connectivity index (χ3v) is 3.47. The fraction of sp³-hybridized carbons (Fsp3) is 0.429. The molecule has 0 spiro atoms. The van der Waals surface area contributed by atoms with Crippen molar-refractivity contribution in [3.8, 4) is 0 Å². The SMILES string of the molecule is Cn1nc(C(=O)N2CCCOCC2)c2ccccc21. The van der Waals surface area contributed by atoms with E-state index in [1.165, 1.54) is 0 Å². The van der Waals surface area contributed by atoms with Crippen LogP contribution in [0.4, 0.5) is 0 Å². The monoisotopic (exact) mass is 259 g/mol. The number of aryl methyl sites for hydroxylation is 1. The van der Waals surface area contributed by atoms with Crippen molar-refractivity contribution in [3.63, 3.8) is 0 Å². The molecule has 0 atom stereocenters. The van der Waals surface area contributed by atoms with Gasteiger partial charge in [-0.25, -0.2) is 0 Å². The summed E-state index contributed by atoms with van der Waals surface area (Å²) in [6.07, 6.45) is 0.885. The van der Waals surface area contributed by atoms with Crippen LogP contribution in [0.3, 0.4) is 0 Å². The van der Waals surface area contributed by atoms with Crippen molar-refractivity contribution in [1.82, 2.24) is 14.7 Å². The average Bonchev–Trinajstić information content (AvgIpc) is 2.64. The first-order valence-corrected chi connectivity index (χ1v) is 6.56. The van der Waals surface area contributed by atoms with E-state index in [0.29, 0.717) is 18.8 Å². The van der Waals surface area contributed by atoms with Crippen molar-refractivity contribution >= 4 is 16.8 Å². The lowest BCUT2D eigenvalue weighted by Crippen LogP contribution is -2.33. The summed E-state index contributed by atoms with van der Waals surface area (Å²) in [5, 5.41) is 5.30. The van der Waals surface area contributed by atoms with Gasteiger partial charge in [0.05, 0.1) is 12.1 Å². The van der Waals surface area contributed by atoms with Crippen LogP contribution in [-0.2, 0) is 11.8 Å². The van der Waals surface area contributed by atoms with Crippen LogP contribution in [0.1, 0.15) is 16.9 Å². The minimum absolute atomic E-state index is 0.00213. The Kier molecular flexibility index (Phi) is 3.21. The van der Waals surface area contributed by atoms with E-state index in [4.69, 9.17) is 4.74 Å². The molecule has 1 aromatic carbocycles. The standard InChI is InChI=1S/C14H17N3O2/c1-16-12-6-3-2-5-11(12)13(15-16)14(18)17-7-4-9-19-10-8-17/h2-3,5-6H,4,7-10H2,1H3. The zero-order valence-electron chi connectivity index (χ0n) is 11.0. The van der Waals surface area contributed by atoms with Crippen LogP contribution >= 0.6 is 0 Å². The van der Waals surface area contributed by atoms with E-state index in [2.05, 4.69) is 5.10 Å². The van der Waals surface area contributed by atoms with Gasteiger partial charge in [0.2, 0.25) is 0 Å². The van der Waals surface area contributed by atoms with Crippen molar-refractivity contribution in [2.24, 2.45) is 7.05 Å². The summed E-state index contributed by atoms with van der Waals surface area (Å²) in [7, 11) is 1.87. The first kappa shape index (κ1) is 12.2. The van der Waals surface area contributed by atoms with E-state index in [1.807, 2.05) is 36.2 Å². The Morgan fingerprint density at radius 1 is 1.26 bits per heavy atom. The van der Waals surface area contributed by atoms with Crippen LogP contribution in [0.25, 0.3) is 10.9 Å². The van der Waals surface area contributed by atoms with Gasteiger partial charge in [0.1, 0.15) is 0 Å². The molecular formula is C14H17N3O2. The van der Waals surface area contributed by atoms with E-state index in [1.54, 1.807) is 4.68 Å². The van der Waals surface area contributed by atoms with Gasteiger partial charge < -0.3 is 9.64 Å². The number of fused-ring (bicyclic) bond motifs is 1. The Morgan fingerprint density at radius 3 is 3.00 bits per heavy atom. The van der Waals surface area contributed by atoms with E-state index in [9.17, 15) is 4.79 Å². The number of ether oxygens (including phenoxy) is 1. The molecule has 2 aromatic rings. The van der Waals surface area contributed by atoms with Crippen molar-refractivity contribution in [2.45, 2.75) is 6.42 Å². The molecule has 1 fully saturated rings. The molecule has 5 nitrogen and oxygen atoms in total. The topological polar surface area (TPSA) is 47.4 Å². The van der Waals surface area contributed by atoms with Gasteiger partial charge in [0.25, 0.3) is 5.91 Å². The normalized spacial score (nSPS) is 16.6. The van der Waals surface area contributed by atoms with E-state index in [0.717, 1.165) is 30.5 Å². The first-order chi connectivity index (χ1) is 9.27. The lowest BCUT2D eigenvalue weighted by atomic mass is 10.2. The molecule has 1 aromatic heterocycles. The zero-order chi connectivity index (χ0) is 13.2. The summed E-state index contributed by atoms with van der Waals surface area (Å²) < 4.78 is 7.14. The fourth-order valence-corrected chi connectivity index (χ4v) is 2.47. The van der Waals surface area contributed by atoms with Crippen LogP contribution in [0.2, 0.25) is 0 Å². The first-order valence-electron chi connectivity index (χ1n) is 6.56. The molecule has 1 amide bonds. The Bertz CT molecular complexity index is 598. The van der Waals surface area contributed by atoms with E-state index in [-0.39, 0.29) is 5.91 Å². The fourth-order valence-electron chi connectivity index (χ4n) is 2.47. The van der Waals surface area contributed by atoms with Crippen LogP contribution in [0, 0.1) is 0 Å². The highest BCUT2D eigenvalue weighted by Crippen LogP contribution is 2.19. The van der Waals surface area contributed by atoms with E-state index >= 15 is 0 Å². The van der Waals surface area contributed by atoms with Crippen molar-refractivity contribution in [1.29, 1.82) is 0 Å². The second-order valence-corrected chi connectivity index (χ2v) is 4.75. The number of aromatic nitrogens is 2. The summed E-state index contributed by atoms with van der Waals surface area (Å²) in [5.74, 6) is 0.00213. The number of hydrogen-bond donors (Lipinski definition) is 0. The molecule has 1 aliphatic rings. The molecule has 3 rings (SSSR count). The Morgan fingerprint density at radius 2 is 2.11 bits per heavy atom. The molecule has 5 heteroatoms. The average molecular weight is 259 g/mol. The van der Waals surface area contributed by atoms with Crippen LogP contribution < -0.4 is 0 Å². The molecule has 2 heterocycles. The van der Waals surface area contributed by atoms with E-state index < -0.39 is 0 Å². The van der Waals surface area contributed by atoms with Crippen LogP contribution in [0.5, 0.6) is 0 Å². The number of rotatable bonds is 1. The van der Waals surface area contributed by atoms with Gasteiger partial charge in [-0.3, -0.25) is 9.48 Å². The highest BCUT2D eigenvalue weighted by atomic mass is 16.5. The number of benzene rings is 1. The number of para-hydroxylation sites is 1. The number of amides is 1. The van der Waals surface area contributed by atoms with Crippen LogP contribution in [0.15, 0.2) is 24.3 Å². The minimum atomic E-state index is 0.00213. The summed E-state index contributed by atoms with van der Waals surface area (Å²) in [5.41, 5.74) is 1.52. The molecule has 0 saturated carbocycles. The largest absolute Gasteiger partial charge is 0.380 e. The molecular weight excluding hydrogens is 242 g/mol.